The lowest BCUT2D eigenvalue weighted by Gasteiger charge is -2.06. The van der Waals surface area contributed by atoms with Gasteiger partial charge in [0, 0.05) is 12.1 Å². The van der Waals surface area contributed by atoms with E-state index in [-0.39, 0.29) is 0 Å². The van der Waals surface area contributed by atoms with Crippen LogP contribution in [-0.4, -0.2) is 46.3 Å². The van der Waals surface area contributed by atoms with E-state index in [0.29, 0.717) is 22.8 Å². The number of nitrogens with zero attached hydrogens (tertiary/aromatic N) is 2. The molecule has 1 heterocycles. The van der Waals surface area contributed by atoms with Gasteiger partial charge in [0.05, 0.1) is 11.4 Å². The van der Waals surface area contributed by atoms with Crippen molar-refractivity contribution in [2.24, 2.45) is 4.99 Å². The number of rotatable bonds is 3. The number of amidine groups is 1. The molecule has 0 saturated carbocycles. The summed E-state index contributed by atoms with van der Waals surface area (Å²) >= 11 is 0. The maximum atomic E-state index is 11.8. The normalized spacial score (nSPS) is 19.4. The van der Waals surface area contributed by atoms with Gasteiger partial charge in [-0.1, -0.05) is 12.1 Å². The molecule has 2 rings (SSSR count). The Labute approximate surface area is 101 Å². The minimum absolute atomic E-state index is 0.309. The van der Waals surface area contributed by atoms with Gasteiger partial charge in [-0.3, -0.25) is 9.71 Å². The largest absolute Gasteiger partial charge is 0.308 e. The molecule has 92 valence electrons. The first-order valence-corrected chi connectivity index (χ1v) is 6.80. The number of hydrogen-bond acceptors (Lipinski definition) is 4. The standard InChI is InChI=1S/C11H15N3O2S/c1-14(2)8-7-12-11-9-5-3-4-6-10(9)17(15,16)13-11/h3-6H,7-8H2,1-2H3,(H,12,13). The van der Waals surface area contributed by atoms with Crippen LogP contribution < -0.4 is 4.72 Å². The molecular formula is C11H15N3O2S. The van der Waals surface area contributed by atoms with E-state index in [9.17, 15) is 8.42 Å². The van der Waals surface area contributed by atoms with Crippen molar-refractivity contribution in [1.82, 2.24) is 9.62 Å². The summed E-state index contributed by atoms with van der Waals surface area (Å²) in [6.07, 6.45) is 0. The molecule has 0 amide bonds. The first kappa shape index (κ1) is 12.1. The van der Waals surface area contributed by atoms with E-state index in [1.807, 2.05) is 25.1 Å². The minimum Gasteiger partial charge on any atom is -0.308 e. The maximum Gasteiger partial charge on any atom is 0.263 e. The molecule has 1 aliphatic heterocycles. The predicted octanol–water partition coefficient (Wildman–Crippen LogP) is 0.287. The van der Waals surface area contributed by atoms with Crippen LogP contribution in [0.1, 0.15) is 5.56 Å². The van der Waals surface area contributed by atoms with Gasteiger partial charge in [0.25, 0.3) is 10.0 Å². The van der Waals surface area contributed by atoms with E-state index in [2.05, 4.69) is 9.71 Å². The molecule has 1 aromatic rings. The molecule has 17 heavy (non-hydrogen) atoms. The zero-order valence-electron chi connectivity index (χ0n) is 9.84. The zero-order valence-corrected chi connectivity index (χ0v) is 10.7. The Morgan fingerprint density at radius 1 is 1.29 bits per heavy atom. The van der Waals surface area contributed by atoms with Gasteiger partial charge in [-0.05, 0) is 26.2 Å². The van der Waals surface area contributed by atoms with Crippen molar-refractivity contribution in [2.75, 3.05) is 27.2 Å². The molecule has 0 aromatic heterocycles. The summed E-state index contributed by atoms with van der Waals surface area (Å²) in [5, 5.41) is 0. The first-order valence-electron chi connectivity index (χ1n) is 5.32. The van der Waals surface area contributed by atoms with Crippen LogP contribution in [0.5, 0.6) is 0 Å². The molecule has 1 aromatic carbocycles. The smallest absolute Gasteiger partial charge is 0.263 e. The fraction of sp³-hybridized carbons (Fsp3) is 0.364. The summed E-state index contributed by atoms with van der Waals surface area (Å²) in [4.78, 5) is 6.59. The summed E-state index contributed by atoms with van der Waals surface area (Å²) in [5.41, 5.74) is 0.659. The van der Waals surface area contributed by atoms with Crippen LogP contribution in [0, 0.1) is 0 Å². The van der Waals surface area contributed by atoms with Crippen molar-refractivity contribution < 1.29 is 8.42 Å². The number of fused-ring (bicyclic) bond motifs is 1. The SMILES string of the molecule is CN(C)CCN=C1NS(=O)(=O)c2ccccc21. The van der Waals surface area contributed by atoms with Crippen molar-refractivity contribution in [3.8, 4) is 0 Å². The third-order valence-electron chi connectivity index (χ3n) is 2.48. The third-order valence-corrected chi connectivity index (χ3v) is 3.88. The average molecular weight is 253 g/mol. The molecule has 0 atom stereocenters. The molecule has 0 radical (unpaired) electrons. The van der Waals surface area contributed by atoms with Crippen molar-refractivity contribution in [3.63, 3.8) is 0 Å². The molecule has 0 aliphatic carbocycles. The van der Waals surface area contributed by atoms with E-state index < -0.39 is 10.0 Å². The topological polar surface area (TPSA) is 61.8 Å². The van der Waals surface area contributed by atoms with Crippen molar-refractivity contribution >= 4 is 15.9 Å². The lowest BCUT2D eigenvalue weighted by molar-refractivity contribution is 0.420. The number of benzene rings is 1. The Hall–Kier alpha value is -1.40. The second-order valence-corrected chi connectivity index (χ2v) is 5.79. The number of likely N-dealkylation sites (N-methyl/N-ethyl adjacent to an activating group) is 1. The number of sulfonamides is 1. The molecule has 0 saturated heterocycles. The van der Waals surface area contributed by atoms with Crippen LogP contribution in [0.15, 0.2) is 34.2 Å². The quantitative estimate of drug-likeness (QED) is 0.842. The lowest BCUT2D eigenvalue weighted by atomic mass is 10.2. The van der Waals surface area contributed by atoms with E-state index in [0.717, 1.165) is 6.54 Å². The third kappa shape index (κ3) is 2.48. The highest BCUT2D eigenvalue weighted by molar-refractivity contribution is 7.90. The second kappa shape index (κ2) is 4.46. The number of nitrogens with one attached hydrogen (secondary N) is 1. The Balaban J connectivity index is 2.29. The lowest BCUT2D eigenvalue weighted by Crippen LogP contribution is -2.24. The van der Waals surface area contributed by atoms with Crippen LogP contribution in [-0.2, 0) is 10.0 Å². The van der Waals surface area contributed by atoms with Gasteiger partial charge in [-0.15, -0.1) is 0 Å². The molecule has 0 unspecified atom stereocenters. The second-order valence-electron chi connectivity index (χ2n) is 4.14. The fourth-order valence-electron chi connectivity index (χ4n) is 1.61. The average Bonchev–Trinajstić information content (AvgIpc) is 2.51. The van der Waals surface area contributed by atoms with Crippen LogP contribution in [0.3, 0.4) is 0 Å². The molecule has 0 spiro atoms. The molecular weight excluding hydrogens is 238 g/mol. The Morgan fingerprint density at radius 2 is 2.00 bits per heavy atom. The fourth-order valence-corrected chi connectivity index (χ4v) is 2.86. The summed E-state index contributed by atoms with van der Waals surface area (Å²) in [6, 6.07) is 6.87. The monoisotopic (exact) mass is 253 g/mol. The van der Waals surface area contributed by atoms with Crippen molar-refractivity contribution in [1.29, 1.82) is 0 Å². The number of hydrogen-bond donors (Lipinski definition) is 1. The first-order chi connectivity index (χ1) is 8.00. The molecule has 5 nitrogen and oxygen atoms in total. The van der Waals surface area contributed by atoms with Gasteiger partial charge in [-0.2, -0.15) is 0 Å². The zero-order chi connectivity index (χ0) is 12.5. The number of aliphatic imine (C=N–C) groups is 1. The maximum absolute atomic E-state index is 11.8. The minimum atomic E-state index is -3.40. The summed E-state index contributed by atoms with van der Waals surface area (Å²) in [7, 11) is 0.503. The highest BCUT2D eigenvalue weighted by Gasteiger charge is 2.29. The van der Waals surface area contributed by atoms with Crippen LogP contribution in [0.4, 0.5) is 0 Å². The highest BCUT2D eigenvalue weighted by Crippen LogP contribution is 2.21. The Morgan fingerprint density at radius 3 is 2.71 bits per heavy atom. The molecule has 0 bridgehead atoms. The van der Waals surface area contributed by atoms with Gasteiger partial charge >= 0.3 is 0 Å². The molecule has 1 N–H and O–H groups in total. The summed E-state index contributed by atoms with van der Waals surface area (Å²) in [6.45, 7) is 1.35. The van der Waals surface area contributed by atoms with E-state index in [1.165, 1.54) is 0 Å². The van der Waals surface area contributed by atoms with Crippen LogP contribution >= 0.6 is 0 Å². The molecule has 1 aliphatic rings. The van der Waals surface area contributed by atoms with E-state index in [4.69, 9.17) is 0 Å². The van der Waals surface area contributed by atoms with Crippen LogP contribution in [0.2, 0.25) is 0 Å². The van der Waals surface area contributed by atoms with E-state index >= 15 is 0 Å². The highest BCUT2D eigenvalue weighted by atomic mass is 32.2. The van der Waals surface area contributed by atoms with Crippen LogP contribution in [0.25, 0.3) is 0 Å². The van der Waals surface area contributed by atoms with Crippen molar-refractivity contribution in [2.45, 2.75) is 4.90 Å². The van der Waals surface area contributed by atoms with Crippen molar-refractivity contribution in [3.05, 3.63) is 29.8 Å². The van der Waals surface area contributed by atoms with Gasteiger partial charge in [0.15, 0.2) is 0 Å². The Bertz CT molecular complexity index is 550. The van der Waals surface area contributed by atoms with Gasteiger partial charge in [0.1, 0.15) is 5.84 Å². The van der Waals surface area contributed by atoms with Gasteiger partial charge in [-0.25, -0.2) is 8.42 Å². The Kier molecular flexibility index (Phi) is 3.17. The van der Waals surface area contributed by atoms with Gasteiger partial charge in [0.2, 0.25) is 0 Å². The summed E-state index contributed by atoms with van der Waals surface area (Å²) in [5.74, 6) is 0.447. The van der Waals surface area contributed by atoms with E-state index in [1.54, 1.807) is 18.2 Å². The predicted molar refractivity (Wildman–Crippen MR) is 66.7 cm³/mol. The van der Waals surface area contributed by atoms with Gasteiger partial charge < -0.3 is 4.90 Å². The summed E-state index contributed by atoms with van der Waals surface area (Å²) < 4.78 is 26.0. The molecule has 0 fully saturated rings. The molecule has 6 heteroatoms.